The van der Waals surface area contributed by atoms with Gasteiger partial charge in [0.05, 0.1) is 36.7 Å². The highest BCUT2D eigenvalue weighted by Crippen LogP contribution is 2.58. The molecule has 6 rings (SSSR count). The van der Waals surface area contributed by atoms with Crippen LogP contribution >= 0.6 is 0 Å². The van der Waals surface area contributed by atoms with Crippen molar-refractivity contribution in [2.24, 2.45) is 0 Å². The maximum atomic E-state index is 15.6. The van der Waals surface area contributed by atoms with Gasteiger partial charge >= 0.3 is 12.1 Å². The minimum Gasteiger partial charge on any atom is -0.496 e. The minimum absolute atomic E-state index is 0.0356. The zero-order valence-electron chi connectivity index (χ0n) is 21.6. The highest BCUT2D eigenvalue weighted by atomic mass is 19.4. The monoisotopic (exact) mass is 553 g/mol. The van der Waals surface area contributed by atoms with E-state index in [0.29, 0.717) is 17.9 Å². The van der Waals surface area contributed by atoms with E-state index < -0.39 is 23.9 Å². The van der Waals surface area contributed by atoms with Gasteiger partial charge in [0.2, 0.25) is 5.82 Å². The number of carboxylic acid groups (broad SMARTS) is 1. The topological polar surface area (TPSA) is 111 Å². The quantitative estimate of drug-likeness (QED) is 0.415. The van der Waals surface area contributed by atoms with E-state index in [2.05, 4.69) is 17.2 Å². The normalized spacial score (nSPS) is 21.7. The van der Waals surface area contributed by atoms with Gasteiger partial charge in [-0.3, -0.25) is 4.79 Å². The van der Waals surface area contributed by atoms with Crippen LogP contribution in [0.2, 0.25) is 0 Å². The molecule has 1 amide bonds. The number of alkyl halides is 3. The van der Waals surface area contributed by atoms with Gasteiger partial charge in [0.15, 0.2) is 11.4 Å². The summed E-state index contributed by atoms with van der Waals surface area (Å²) < 4.78 is 65.9. The molecule has 2 N–H and O–H groups in total. The third-order valence-electron chi connectivity index (χ3n) is 6.50. The SMILES string of the molecule is COc1ccccc1C(=O)Nc1cn2cc(C34COC(C)(C3)C4)nc2c(F)c1OC(C)C.O=C(O)C(F)(F)F. The Hall–Kier alpha value is -3.87. The second kappa shape index (κ2) is 10.0. The summed E-state index contributed by atoms with van der Waals surface area (Å²) in [5, 5.41) is 9.91. The lowest BCUT2D eigenvalue weighted by molar-refractivity contribution is -0.192. The molecule has 4 heterocycles. The number of hydrogen-bond acceptors (Lipinski definition) is 6. The zero-order chi connectivity index (χ0) is 28.8. The van der Waals surface area contributed by atoms with Gasteiger partial charge in [0, 0.05) is 17.8 Å². The molecule has 1 aliphatic carbocycles. The van der Waals surface area contributed by atoms with Gasteiger partial charge in [0.1, 0.15) is 11.4 Å². The number of anilines is 1. The molecule has 2 aromatic heterocycles. The average Bonchev–Trinajstić information content (AvgIpc) is 3.52. The zero-order valence-corrected chi connectivity index (χ0v) is 21.6. The lowest BCUT2D eigenvalue weighted by atomic mass is 9.62. The number of rotatable bonds is 6. The number of halogens is 4. The molecular formula is C26H27F4N3O6. The molecule has 2 bridgehead atoms. The number of amides is 1. The second-order valence-electron chi connectivity index (χ2n) is 10.0. The lowest BCUT2D eigenvalue weighted by Crippen LogP contribution is -2.45. The second-order valence-corrected chi connectivity index (χ2v) is 10.0. The van der Waals surface area contributed by atoms with Crippen LogP contribution in [0.5, 0.6) is 11.5 Å². The van der Waals surface area contributed by atoms with E-state index >= 15 is 4.39 Å². The fourth-order valence-electron chi connectivity index (χ4n) is 4.94. The van der Waals surface area contributed by atoms with E-state index in [-0.39, 0.29) is 34.2 Å². The molecule has 3 fully saturated rings. The van der Waals surface area contributed by atoms with Crippen LogP contribution in [0.3, 0.4) is 0 Å². The van der Waals surface area contributed by atoms with Crippen LogP contribution in [-0.4, -0.2) is 58.0 Å². The van der Waals surface area contributed by atoms with Gasteiger partial charge in [-0.15, -0.1) is 0 Å². The van der Waals surface area contributed by atoms with Gasteiger partial charge in [-0.25, -0.2) is 9.78 Å². The molecule has 2 aliphatic heterocycles. The Balaban J connectivity index is 0.000000448. The number of aliphatic carboxylic acids is 1. The van der Waals surface area contributed by atoms with Crippen molar-refractivity contribution < 1.29 is 46.5 Å². The Bertz CT molecular complexity index is 1410. The van der Waals surface area contributed by atoms with Crippen molar-refractivity contribution >= 4 is 23.2 Å². The Morgan fingerprint density at radius 1 is 1.21 bits per heavy atom. The molecule has 1 saturated carbocycles. The molecule has 0 unspecified atom stereocenters. The van der Waals surface area contributed by atoms with Crippen molar-refractivity contribution in [2.45, 2.75) is 56.9 Å². The fraction of sp³-hybridized carbons (Fsp3) is 0.423. The van der Waals surface area contributed by atoms with Crippen molar-refractivity contribution in [3.05, 3.63) is 53.7 Å². The fourth-order valence-corrected chi connectivity index (χ4v) is 4.94. The Morgan fingerprint density at radius 3 is 2.38 bits per heavy atom. The summed E-state index contributed by atoms with van der Waals surface area (Å²) in [5.74, 6) is -3.40. The standard InChI is InChI=1S/C24H26FN3O4.C2HF3O2/c1-14(2)32-20-16(26-22(29)15-7-5-6-8-17(15)30-4)9-28-10-18(27-21(28)19(20)25)24-11-23(3,12-24)31-13-24;3-2(4,5)1(6)7/h5-10,14H,11-13H2,1-4H3,(H,26,29);(H,6,7). The largest absolute Gasteiger partial charge is 0.496 e. The predicted molar refractivity (Wildman–Crippen MR) is 131 cm³/mol. The van der Waals surface area contributed by atoms with Crippen LogP contribution in [0.25, 0.3) is 5.65 Å². The third kappa shape index (κ3) is 5.49. The highest BCUT2D eigenvalue weighted by molar-refractivity contribution is 6.07. The number of ether oxygens (including phenoxy) is 3. The number of imidazole rings is 1. The first-order valence-electron chi connectivity index (χ1n) is 11.9. The van der Waals surface area contributed by atoms with Crippen LogP contribution in [0.1, 0.15) is 49.7 Å². The summed E-state index contributed by atoms with van der Waals surface area (Å²) in [7, 11) is 1.50. The molecule has 3 aliphatic rings. The Labute approximate surface area is 220 Å². The molecule has 3 aromatic rings. The van der Waals surface area contributed by atoms with Crippen LogP contribution in [-0.2, 0) is 14.9 Å². The molecule has 0 radical (unpaired) electrons. The van der Waals surface area contributed by atoms with Crippen molar-refractivity contribution in [1.82, 2.24) is 9.38 Å². The number of pyridine rings is 1. The van der Waals surface area contributed by atoms with E-state index in [1.54, 1.807) is 48.7 Å². The van der Waals surface area contributed by atoms with E-state index in [9.17, 15) is 18.0 Å². The third-order valence-corrected chi connectivity index (χ3v) is 6.50. The van der Waals surface area contributed by atoms with E-state index in [1.807, 2.05) is 6.20 Å². The number of hydrogen-bond donors (Lipinski definition) is 2. The van der Waals surface area contributed by atoms with Crippen LogP contribution in [0, 0.1) is 5.82 Å². The smallest absolute Gasteiger partial charge is 0.490 e. The van der Waals surface area contributed by atoms with Crippen LogP contribution in [0.4, 0.5) is 23.2 Å². The van der Waals surface area contributed by atoms with Gasteiger partial charge in [-0.05, 0) is 45.7 Å². The van der Waals surface area contributed by atoms with E-state index in [1.165, 1.54) is 7.11 Å². The maximum Gasteiger partial charge on any atom is 0.490 e. The first-order chi connectivity index (χ1) is 18.2. The average molecular weight is 554 g/mol. The highest BCUT2D eigenvalue weighted by Gasteiger charge is 2.61. The number of carbonyl (C=O) groups is 2. The summed E-state index contributed by atoms with van der Waals surface area (Å²) in [6.07, 6.45) is -0.164. The van der Waals surface area contributed by atoms with Crippen LogP contribution in [0.15, 0.2) is 36.7 Å². The molecule has 0 atom stereocenters. The predicted octanol–water partition coefficient (Wildman–Crippen LogP) is 4.98. The Kier molecular flexibility index (Phi) is 7.23. The number of fused-ring (bicyclic) bond motifs is 2. The number of benzene rings is 1. The summed E-state index contributed by atoms with van der Waals surface area (Å²) in [6.45, 7) is 6.28. The number of carbonyl (C=O) groups excluding carboxylic acids is 1. The minimum atomic E-state index is -5.08. The molecule has 210 valence electrons. The van der Waals surface area contributed by atoms with Crippen LogP contribution < -0.4 is 14.8 Å². The first-order valence-corrected chi connectivity index (χ1v) is 11.9. The summed E-state index contributed by atoms with van der Waals surface area (Å²) in [6, 6.07) is 6.86. The van der Waals surface area contributed by atoms with Crippen molar-refractivity contribution in [3.8, 4) is 11.5 Å². The van der Waals surface area contributed by atoms with Crippen molar-refractivity contribution in [2.75, 3.05) is 19.0 Å². The number of methoxy groups -OCH3 is 1. The van der Waals surface area contributed by atoms with E-state index in [0.717, 1.165) is 18.5 Å². The molecule has 2 saturated heterocycles. The van der Waals surface area contributed by atoms with Gasteiger partial charge in [0.25, 0.3) is 5.91 Å². The maximum absolute atomic E-state index is 15.6. The molecular weight excluding hydrogens is 526 g/mol. The number of nitrogens with zero attached hydrogens (tertiary/aromatic N) is 2. The molecule has 9 nitrogen and oxygen atoms in total. The number of aromatic nitrogens is 2. The summed E-state index contributed by atoms with van der Waals surface area (Å²) in [4.78, 5) is 26.5. The Morgan fingerprint density at radius 2 is 1.85 bits per heavy atom. The first kappa shape index (κ1) is 28.1. The van der Waals surface area contributed by atoms with E-state index in [4.69, 9.17) is 24.1 Å². The van der Waals surface area contributed by atoms with Gasteiger partial charge < -0.3 is 29.0 Å². The molecule has 1 aromatic carbocycles. The number of nitrogens with one attached hydrogen (secondary N) is 1. The molecule has 0 spiro atoms. The van der Waals surface area contributed by atoms with Crippen molar-refractivity contribution in [3.63, 3.8) is 0 Å². The van der Waals surface area contributed by atoms with Crippen molar-refractivity contribution in [1.29, 1.82) is 0 Å². The molecule has 39 heavy (non-hydrogen) atoms. The molecule has 13 heteroatoms. The van der Waals surface area contributed by atoms with Gasteiger partial charge in [-0.2, -0.15) is 17.6 Å². The number of para-hydroxylation sites is 1. The summed E-state index contributed by atoms with van der Waals surface area (Å²) in [5.41, 5.74) is 1.26. The summed E-state index contributed by atoms with van der Waals surface area (Å²) >= 11 is 0. The lowest BCUT2D eigenvalue weighted by Gasteiger charge is -2.41. The number of carboxylic acids is 1. The van der Waals surface area contributed by atoms with Gasteiger partial charge in [-0.1, -0.05) is 12.1 Å².